The Morgan fingerprint density at radius 2 is 2.05 bits per heavy atom. The lowest BCUT2D eigenvalue weighted by Gasteiger charge is -2.18. The summed E-state index contributed by atoms with van der Waals surface area (Å²) in [6.45, 7) is 0.863. The summed E-state index contributed by atoms with van der Waals surface area (Å²) < 4.78 is 39.1. The maximum Gasteiger partial charge on any atom is 0.263 e. The third-order valence-electron chi connectivity index (χ3n) is 2.94. The number of fused-ring (bicyclic) bond motifs is 1. The molecule has 0 bridgehead atoms. The van der Waals surface area contributed by atoms with E-state index < -0.39 is 10.0 Å². The van der Waals surface area contributed by atoms with Crippen LogP contribution in [0.15, 0.2) is 35.4 Å². The van der Waals surface area contributed by atoms with Gasteiger partial charge in [0, 0.05) is 18.3 Å². The van der Waals surface area contributed by atoms with Gasteiger partial charge in [0.2, 0.25) is 0 Å². The molecule has 0 aliphatic carbocycles. The van der Waals surface area contributed by atoms with Crippen LogP contribution in [0.1, 0.15) is 0 Å². The van der Waals surface area contributed by atoms with Gasteiger partial charge in [-0.1, -0.05) is 0 Å². The fourth-order valence-electron chi connectivity index (χ4n) is 1.96. The van der Waals surface area contributed by atoms with Crippen LogP contribution >= 0.6 is 0 Å². The molecule has 114 valence electrons. The van der Waals surface area contributed by atoms with E-state index in [4.69, 9.17) is 14.7 Å². The summed E-state index contributed by atoms with van der Waals surface area (Å²) in [6.07, 6.45) is 1.52. The molecule has 3 rings (SSSR count). The average molecular weight is 320 g/mol. The van der Waals surface area contributed by atoms with Gasteiger partial charge >= 0.3 is 0 Å². The van der Waals surface area contributed by atoms with Crippen molar-refractivity contribution in [2.75, 3.05) is 17.9 Å². The molecule has 0 radical (unpaired) electrons. The summed E-state index contributed by atoms with van der Waals surface area (Å²) in [5, 5.41) is 12.5. The summed E-state index contributed by atoms with van der Waals surface area (Å²) in [5.41, 5.74) is 0. The zero-order valence-corrected chi connectivity index (χ0v) is 12.2. The smallest absolute Gasteiger partial charge is 0.263 e. The Hall–Kier alpha value is -2.73. The first-order valence-electron chi connectivity index (χ1n) is 6.41. The standard InChI is InChI=1S/C13H12N4O4S/c14-4-6-17-5-3-13(15-17)16-22(18,19)10-1-2-11-12(9-10)21-8-7-20-11/h1-3,5,9H,6-8H2,(H,15,16). The van der Waals surface area contributed by atoms with Crippen molar-refractivity contribution in [2.45, 2.75) is 11.4 Å². The van der Waals surface area contributed by atoms with E-state index >= 15 is 0 Å². The summed E-state index contributed by atoms with van der Waals surface area (Å²) in [4.78, 5) is 0.0478. The van der Waals surface area contributed by atoms with E-state index in [2.05, 4.69) is 9.82 Å². The first-order valence-corrected chi connectivity index (χ1v) is 7.90. The van der Waals surface area contributed by atoms with Crippen LogP contribution in [0.2, 0.25) is 0 Å². The van der Waals surface area contributed by atoms with Gasteiger partial charge in [0.05, 0.1) is 11.0 Å². The maximum absolute atomic E-state index is 12.3. The largest absolute Gasteiger partial charge is 0.486 e. The Morgan fingerprint density at radius 1 is 1.27 bits per heavy atom. The van der Waals surface area contributed by atoms with E-state index in [1.54, 1.807) is 6.07 Å². The number of nitrogens with zero attached hydrogens (tertiary/aromatic N) is 3. The normalized spacial score (nSPS) is 13.4. The highest BCUT2D eigenvalue weighted by Gasteiger charge is 2.20. The topological polar surface area (TPSA) is 106 Å². The molecule has 9 heteroatoms. The van der Waals surface area contributed by atoms with Crippen LogP contribution < -0.4 is 14.2 Å². The fraction of sp³-hybridized carbons (Fsp3) is 0.231. The molecule has 0 saturated heterocycles. The molecule has 2 heterocycles. The molecular formula is C13H12N4O4S. The van der Waals surface area contributed by atoms with E-state index in [1.807, 2.05) is 6.07 Å². The van der Waals surface area contributed by atoms with Crippen LogP contribution in [0.3, 0.4) is 0 Å². The molecule has 8 nitrogen and oxygen atoms in total. The number of nitriles is 1. The molecule has 0 fully saturated rings. The fourth-order valence-corrected chi connectivity index (χ4v) is 2.98. The minimum Gasteiger partial charge on any atom is -0.486 e. The van der Waals surface area contributed by atoms with Crippen molar-refractivity contribution in [1.82, 2.24) is 9.78 Å². The Labute approximate surface area is 126 Å². The Bertz CT molecular complexity index is 838. The number of aromatic nitrogens is 2. The van der Waals surface area contributed by atoms with Crippen molar-refractivity contribution in [3.8, 4) is 17.6 Å². The Balaban J connectivity index is 1.84. The van der Waals surface area contributed by atoms with Gasteiger partial charge in [-0.25, -0.2) is 8.42 Å². The van der Waals surface area contributed by atoms with E-state index in [-0.39, 0.29) is 17.3 Å². The van der Waals surface area contributed by atoms with E-state index in [0.29, 0.717) is 24.7 Å². The molecule has 1 aliphatic heterocycles. The zero-order chi connectivity index (χ0) is 15.6. The van der Waals surface area contributed by atoms with Gasteiger partial charge in [-0.15, -0.1) is 0 Å². The van der Waals surface area contributed by atoms with Crippen LogP contribution in [0.25, 0.3) is 0 Å². The first-order chi connectivity index (χ1) is 10.6. The number of nitrogens with one attached hydrogen (secondary N) is 1. The minimum atomic E-state index is -3.79. The average Bonchev–Trinajstić information content (AvgIpc) is 2.93. The van der Waals surface area contributed by atoms with Crippen molar-refractivity contribution < 1.29 is 17.9 Å². The summed E-state index contributed by atoms with van der Waals surface area (Å²) in [7, 11) is -3.79. The first kappa shape index (κ1) is 14.2. The van der Waals surface area contributed by atoms with Gasteiger partial charge in [-0.3, -0.25) is 9.40 Å². The second kappa shape index (κ2) is 5.57. The van der Waals surface area contributed by atoms with Crippen molar-refractivity contribution in [3.63, 3.8) is 0 Å². The SMILES string of the molecule is N#CCn1ccc(NS(=O)(=O)c2ccc3c(c2)OCCO3)n1. The summed E-state index contributed by atoms with van der Waals surface area (Å²) >= 11 is 0. The number of benzene rings is 1. The van der Waals surface area contributed by atoms with Gasteiger partial charge in [0.1, 0.15) is 19.8 Å². The highest BCUT2D eigenvalue weighted by atomic mass is 32.2. The molecule has 22 heavy (non-hydrogen) atoms. The van der Waals surface area contributed by atoms with E-state index in [0.717, 1.165) is 0 Å². The lowest BCUT2D eigenvalue weighted by molar-refractivity contribution is 0.171. The lowest BCUT2D eigenvalue weighted by Crippen LogP contribution is -2.17. The molecule has 1 N–H and O–H groups in total. The quantitative estimate of drug-likeness (QED) is 0.900. The monoisotopic (exact) mass is 320 g/mol. The van der Waals surface area contributed by atoms with Crippen molar-refractivity contribution in [3.05, 3.63) is 30.5 Å². The second-order valence-electron chi connectivity index (χ2n) is 4.47. The number of hydrogen-bond donors (Lipinski definition) is 1. The Morgan fingerprint density at radius 3 is 2.82 bits per heavy atom. The number of sulfonamides is 1. The zero-order valence-electron chi connectivity index (χ0n) is 11.4. The molecular weight excluding hydrogens is 308 g/mol. The van der Waals surface area contributed by atoms with Gasteiger partial charge in [-0.2, -0.15) is 10.4 Å². The number of rotatable bonds is 4. The molecule has 1 aliphatic rings. The maximum atomic E-state index is 12.3. The molecule has 1 aromatic heterocycles. The molecule has 0 amide bonds. The molecule has 0 atom stereocenters. The van der Waals surface area contributed by atoms with Crippen LogP contribution in [0.4, 0.5) is 5.82 Å². The molecule has 1 aromatic carbocycles. The van der Waals surface area contributed by atoms with Crippen LogP contribution in [0, 0.1) is 11.3 Å². The van der Waals surface area contributed by atoms with Gasteiger partial charge < -0.3 is 9.47 Å². The highest BCUT2D eigenvalue weighted by Crippen LogP contribution is 2.32. The predicted molar refractivity (Wildman–Crippen MR) is 76.1 cm³/mol. The van der Waals surface area contributed by atoms with Gasteiger partial charge in [0.25, 0.3) is 10.0 Å². The highest BCUT2D eigenvalue weighted by molar-refractivity contribution is 7.92. The van der Waals surface area contributed by atoms with Gasteiger partial charge in [-0.05, 0) is 12.1 Å². The Kier molecular flexibility index (Phi) is 3.60. The third-order valence-corrected chi connectivity index (χ3v) is 4.29. The van der Waals surface area contributed by atoms with Crippen LogP contribution in [-0.2, 0) is 16.6 Å². The molecule has 0 unspecified atom stereocenters. The van der Waals surface area contributed by atoms with Crippen molar-refractivity contribution in [1.29, 1.82) is 5.26 Å². The van der Waals surface area contributed by atoms with E-state index in [9.17, 15) is 8.42 Å². The number of hydrogen-bond acceptors (Lipinski definition) is 6. The van der Waals surface area contributed by atoms with Crippen molar-refractivity contribution >= 4 is 15.8 Å². The summed E-state index contributed by atoms with van der Waals surface area (Å²) in [6, 6.07) is 7.79. The van der Waals surface area contributed by atoms with Gasteiger partial charge in [0.15, 0.2) is 17.3 Å². The lowest BCUT2D eigenvalue weighted by atomic mass is 10.3. The number of ether oxygens (including phenoxy) is 2. The third kappa shape index (κ3) is 2.82. The molecule has 2 aromatic rings. The van der Waals surface area contributed by atoms with Crippen LogP contribution in [-0.4, -0.2) is 31.4 Å². The van der Waals surface area contributed by atoms with Crippen LogP contribution in [0.5, 0.6) is 11.5 Å². The number of anilines is 1. The summed E-state index contributed by atoms with van der Waals surface area (Å²) in [5.74, 6) is 1.05. The minimum absolute atomic E-state index is 0.0474. The molecule has 0 spiro atoms. The van der Waals surface area contributed by atoms with Crippen molar-refractivity contribution in [2.24, 2.45) is 0 Å². The predicted octanol–water partition coefficient (Wildman–Crippen LogP) is 0.979. The second-order valence-corrected chi connectivity index (χ2v) is 6.15. The van der Waals surface area contributed by atoms with E-state index in [1.165, 1.54) is 29.1 Å². The molecule has 0 saturated carbocycles.